The van der Waals surface area contributed by atoms with Crippen molar-refractivity contribution in [2.75, 3.05) is 6.61 Å². The summed E-state index contributed by atoms with van der Waals surface area (Å²) in [7, 11) is 0. The number of imide groups is 1. The van der Waals surface area contributed by atoms with Gasteiger partial charge in [0.2, 0.25) is 5.91 Å². The highest BCUT2D eigenvalue weighted by Gasteiger charge is 2.58. The van der Waals surface area contributed by atoms with E-state index < -0.39 is 36.2 Å². The average Bonchev–Trinajstić information content (AvgIpc) is 3.24. The Morgan fingerprint density at radius 2 is 1.50 bits per heavy atom. The van der Waals surface area contributed by atoms with Crippen molar-refractivity contribution in [1.82, 2.24) is 9.80 Å². The van der Waals surface area contributed by atoms with Crippen LogP contribution in [0.25, 0.3) is 6.08 Å². The summed E-state index contributed by atoms with van der Waals surface area (Å²) >= 11 is 0. The molecule has 2 aliphatic heterocycles. The van der Waals surface area contributed by atoms with Crippen molar-refractivity contribution >= 4 is 24.2 Å². The number of ether oxygens (including phenoxy) is 2. The third-order valence-corrected chi connectivity index (χ3v) is 5.93. The molecular weight excluding hydrogens is 432 g/mol. The summed E-state index contributed by atoms with van der Waals surface area (Å²) in [6, 6.07) is 27.0. The minimum absolute atomic E-state index is 0.129. The number of carbonyl (C=O) groups is 3. The third kappa shape index (κ3) is 4.03. The van der Waals surface area contributed by atoms with Gasteiger partial charge in [0, 0.05) is 0 Å². The van der Waals surface area contributed by atoms with Gasteiger partial charge in [-0.15, -0.1) is 0 Å². The lowest BCUT2D eigenvalue weighted by Gasteiger charge is -2.48. The van der Waals surface area contributed by atoms with Gasteiger partial charge in [-0.3, -0.25) is 9.69 Å². The van der Waals surface area contributed by atoms with E-state index in [9.17, 15) is 14.4 Å². The van der Waals surface area contributed by atoms with Gasteiger partial charge in [0.15, 0.2) is 0 Å². The quantitative estimate of drug-likeness (QED) is 0.514. The minimum Gasteiger partial charge on any atom is -0.447 e. The minimum atomic E-state index is -0.871. The second-order valence-electron chi connectivity index (χ2n) is 8.01. The zero-order valence-electron chi connectivity index (χ0n) is 18.2. The van der Waals surface area contributed by atoms with E-state index in [1.807, 2.05) is 66.7 Å². The number of para-hydroxylation sites is 1. The van der Waals surface area contributed by atoms with E-state index in [1.54, 1.807) is 36.4 Å². The molecule has 2 aliphatic rings. The molecule has 0 spiro atoms. The molecule has 7 heteroatoms. The molecule has 3 amide bonds. The van der Waals surface area contributed by atoms with Crippen molar-refractivity contribution in [3.63, 3.8) is 0 Å². The van der Waals surface area contributed by atoms with Crippen LogP contribution in [0, 0.1) is 5.92 Å². The lowest BCUT2D eigenvalue weighted by Crippen LogP contribution is -2.69. The largest absolute Gasteiger partial charge is 0.447 e. The number of hydrogen-bond acceptors (Lipinski definition) is 5. The number of rotatable bonds is 5. The summed E-state index contributed by atoms with van der Waals surface area (Å²) < 4.78 is 10.8. The summed E-state index contributed by atoms with van der Waals surface area (Å²) in [5, 5.41) is 0. The molecule has 0 N–H and O–H groups in total. The standard InChI is InChI=1S/C27H22N2O5/c30-25-22(17-16-19-10-4-1-5-11-19)24(29(25)27(32)34-21-14-8-3-9-15-21)28-23(18-33-26(28)31)20-12-6-2-7-13-20/h1-17,22-24H,18H2/t22-,23+,24+/m0/s1. The number of nitrogens with zero attached hydrogens (tertiary/aromatic N) is 2. The van der Waals surface area contributed by atoms with Crippen LogP contribution < -0.4 is 4.74 Å². The smallest absolute Gasteiger partial charge is 0.423 e. The molecule has 3 atom stereocenters. The SMILES string of the molecule is O=C(Oc1ccccc1)N1C(=O)[C@@H](C=Cc2ccccc2)[C@@H]1N1C(=O)OC[C@@H]1c1ccccc1. The van der Waals surface area contributed by atoms with Crippen molar-refractivity contribution in [2.45, 2.75) is 12.2 Å². The highest BCUT2D eigenvalue weighted by atomic mass is 16.6. The van der Waals surface area contributed by atoms with Crippen LogP contribution in [0.2, 0.25) is 0 Å². The molecule has 0 saturated carbocycles. The zero-order valence-corrected chi connectivity index (χ0v) is 18.2. The van der Waals surface area contributed by atoms with Crippen LogP contribution in [0.15, 0.2) is 97.1 Å². The monoisotopic (exact) mass is 454 g/mol. The molecule has 5 rings (SSSR count). The Bertz CT molecular complexity index is 1210. The average molecular weight is 454 g/mol. The number of amides is 3. The van der Waals surface area contributed by atoms with Crippen LogP contribution in [0.5, 0.6) is 5.75 Å². The first-order valence-corrected chi connectivity index (χ1v) is 11.0. The molecule has 7 nitrogen and oxygen atoms in total. The fraction of sp³-hybridized carbons (Fsp3) is 0.148. The number of β-lactam (4-membered cyclic amide) rings is 1. The van der Waals surface area contributed by atoms with Crippen LogP contribution in [0.3, 0.4) is 0 Å². The molecule has 2 heterocycles. The van der Waals surface area contributed by atoms with E-state index in [0.717, 1.165) is 16.0 Å². The maximum atomic E-state index is 13.1. The lowest BCUT2D eigenvalue weighted by molar-refractivity contribution is -0.157. The summed E-state index contributed by atoms with van der Waals surface area (Å²) in [4.78, 5) is 41.4. The highest BCUT2D eigenvalue weighted by Crippen LogP contribution is 2.40. The fourth-order valence-electron chi connectivity index (χ4n) is 4.25. The Hall–Kier alpha value is -4.39. The Kier molecular flexibility index (Phi) is 5.82. The summed E-state index contributed by atoms with van der Waals surface area (Å²) in [6.07, 6.45) is 1.25. The Morgan fingerprint density at radius 1 is 0.882 bits per heavy atom. The molecule has 0 unspecified atom stereocenters. The van der Waals surface area contributed by atoms with Crippen LogP contribution in [-0.2, 0) is 9.53 Å². The molecule has 0 bridgehead atoms. The molecule has 2 fully saturated rings. The number of cyclic esters (lactones) is 1. The first-order chi connectivity index (χ1) is 16.6. The summed E-state index contributed by atoms with van der Waals surface area (Å²) in [6.45, 7) is 0.129. The maximum Gasteiger partial charge on any atom is 0.423 e. The van der Waals surface area contributed by atoms with Crippen LogP contribution >= 0.6 is 0 Å². The number of likely N-dealkylation sites (tertiary alicyclic amines) is 1. The van der Waals surface area contributed by atoms with E-state index in [0.29, 0.717) is 5.75 Å². The molecule has 3 aromatic rings. The predicted molar refractivity (Wildman–Crippen MR) is 124 cm³/mol. The van der Waals surface area contributed by atoms with Crippen molar-refractivity contribution in [3.8, 4) is 5.75 Å². The van der Waals surface area contributed by atoms with Crippen molar-refractivity contribution < 1.29 is 23.9 Å². The van der Waals surface area contributed by atoms with E-state index in [1.165, 1.54) is 4.90 Å². The molecule has 3 aromatic carbocycles. The number of benzene rings is 3. The molecule has 0 radical (unpaired) electrons. The van der Waals surface area contributed by atoms with Crippen LogP contribution in [-0.4, -0.2) is 40.7 Å². The summed E-state index contributed by atoms with van der Waals surface area (Å²) in [5.74, 6) is -0.851. The normalized spacial score (nSPS) is 21.9. The van der Waals surface area contributed by atoms with Crippen LogP contribution in [0.1, 0.15) is 17.2 Å². The van der Waals surface area contributed by atoms with Gasteiger partial charge in [0.05, 0.1) is 12.0 Å². The second kappa shape index (κ2) is 9.23. The second-order valence-corrected chi connectivity index (χ2v) is 8.01. The Morgan fingerprint density at radius 3 is 2.18 bits per heavy atom. The Balaban J connectivity index is 1.47. The molecule has 0 aromatic heterocycles. The van der Waals surface area contributed by atoms with Gasteiger partial charge in [0.25, 0.3) is 0 Å². The number of hydrogen-bond donors (Lipinski definition) is 0. The van der Waals surface area contributed by atoms with Gasteiger partial charge < -0.3 is 9.47 Å². The van der Waals surface area contributed by atoms with Gasteiger partial charge in [-0.2, -0.15) is 0 Å². The van der Waals surface area contributed by atoms with Gasteiger partial charge in [0.1, 0.15) is 18.5 Å². The first-order valence-electron chi connectivity index (χ1n) is 11.0. The van der Waals surface area contributed by atoms with Gasteiger partial charge >= 0.3 is 12.2 Å². The Labute approximate surface area is 196 Å². The lowest BCUT2D eigenvalue weighted by atomic mass is 9.90. The van der Waals surface area contributed by atoms with Crippen LogP contribution in [0.4, 0.5) is 9.59 Å². The van der Waals surface area contributed by atoms with E-state index in [-0.39, 0.29) is 6.61 Å². The van der Waals surface area contributed by atoms with Gasteiger partial charge in [-0.1, -0.05) is 91.0 Å². The van der Waals surface area contributed by atoms with Crippen molar-refractivity contribution in [2.24, 2.45) is 5.92 Å². The maximum absolute atomic E-state index is 13.1. The van der Waals surface area contributed by atoms with Crippen molar-refractivity contribution in [1.29, 1.82) is 0 Å². The number of carbonyl (C=O) groups excluding carboxylic acids is 3. The first kappa shape index (κ1) is 21.5. The van der Waals surface area contributed by atoms with Gasteiger partial charge in [-0.25, -0.2) is 14.5 Å². The molecular formula is C27H22N2O5. The van der Waals surface area contributed by atoms with Crippen molar-refractivity contribution in [3.05, 3.63) is 108 Å². The summed E-state index contributed by atoms with van der Waals surface area (Å²) in [5.41, 5.74) is 1.76. The molecule has 0 aliphatic carbocycles. The zero-order chi connectivity index (χ0) is 23.5. The van der Waals surface area contributed by atoms with E-state index in [4.69, 9.17) is 9.47 Å². The highest BCUT2D eigenvalue weighted by molar-refractivity contribution is 6.02. The van der Waals surface area contributed by atoms with E-state index >= 15 is 0 Å². The fourth-order valence-corrected chi connectivity index (χ4v) is 4.25. The third-order valence-electron chi connectivity index (χ3n) is 5.93. The topological polar surface area (TPSA) is 76.2 Å². The predicted octanol–water partition coefficient (Wildman–Crippen LogP) is 4.88. The molecule has 170 valence electrons. The molecule has 34 heavy (non-hydrogen) atoms. The van der Waals surface area contributed by atoms with Gasteiger partial charge in [-0.05, 0) is 23.3 Å². The molecule has 2 saturated heterocycles. The van der Waals surface area contributed by atoms with E-state index in [2.05, 4.69) is 0 Å².